The van der Waals surface area contributed by atoms with Crippen molar-refractivity contribution < 1.29 is 8.42 Å². The van der Waals surface area contributed by atoms with Crippen LogP contribution in [-0.4, -0.2) is 24.4 Å². The van der Waals surface area contributed by atoms with Crippen molar-refractivity contribution in [3.63, 3.8) is 0 Å². The van der Waals surface area contributed by atoms with Crippen LogP contribution in [0.2, 0.25) is 5.02 Å². The van der Waals surface area contributed by atoms with Crippen LogP contribution in [0.1, 0.15) is 23.6 Å². The summed E-state index contributed by atoms with van der Waals surface area (Å²) in [7, 11) is -1.87. The van der Waals surface area contributed by atoms with Crippen molar-refractivity contribution in [2.45, 2.75) is 23.8 Å². The summed E-state index contributed by atoms with van der Waals surface area (Å²) in [6.45, 7) is 0. The molecule has 0 saturated heterocycles. The quantitative estimate of drug-likeness (QED) is 0.742. The van der Waals surface area contributed by atoms with Crippen LogP contribution in [-0.2, 0) is 16.4 Å². The van der Waals surface area contributed by atoms with Crippen molar-refractivity contribution in [3.05, 3.63) is 71.1 Å². The van der Waals surface area contributed by atoms with E-state index < -0.39 is 10.0 Å². The maximum absolute atomic E-state index is 13.3. The van der Waals surface area contributed by atoms with Crippen LogP contribution in [0.4, 0.5) is 0 Å². The first kappa shape index (κ1) is 17.3. The predicted molar refractivity (Wildman–Crippen MR) is 102 cm³/mol. The average Bonchev–Trinajstić information content (AvgIpc) is 3.21. The first-order valence-electron chi connectivity index (χ1n) is 8.35. The molecule has 0 fully saturated rings. The molecule has 2 heterocycles. The fourth-order valence-electron chi connectivity index (χ4n) is 3.59. The summed E-state index contributed by atoms with van der Waals surface area (Å²) in [6.07, 6.45) is 6.88. The predicted octanol–water partition coefficient (Wildman–Crippen LogP) is 3.65. The smallest absolute Gasteiger partial charge is 0.268 e. The van der Waals surface area contributed by atoms with Crippen molar-refractivity contribution in [3.8, 4) is 11.3 Å². The van der Waals surface area contributed by atoms with Crippen molar-refractivity contribution in [1.82, 2.24) is 14.3 Å². The highest BCUT2D eigenvalue weighted by molar-refractivity contribution is 7.90. The second-order valence-electron chi connectivity index (χ2n) is 6.29. The zero-order chi connectivity index (χ0) is 18.3. The highest BCUT2D eigenvalue weighted by Crippen LogP contribution is 2.40. The first-order chi connectivity index (χ1) is 12.5. The number of pyridine rings is 1. The van der Waals surface area contributed by atoms with Crippen molar-refractivity contribution in [2.75, 3.05) is 7.05 Å². The molecule has 1 aliphatic rings. The second kappa shape index (κ2) is 6.54. The molecule has 134 valence electrons. The first-order valence-corrected chi connectivity index (χ1v) is 10.2. The molecule has 4 rings (SSSR count). The highest BCUT2D eigenvalue weighted by Gasteiger charge is 2.32. The molecule has 5 nitrogen and oxygen atoms in total. The number of aromatic nitrogens is 2. The van der Waals surface area contributed by atoms with E-state index in [0.717, 1.165) is 29.5 Å². The van der Waals surface area contributed by atoms with Gasteiger partial charge in [0.1, 0.15) is 0 Å². The van der Waals surface area contributed by atoms with Gasteiger partial charge in [-0.3, -0.25) is 4.98 Å². The molecule has 0 saturated carbocycles. The summed E-state index contributed by atoms with van der Waals surface area (Å²) in [4.78, 5) is 4.23. The van der Waals surface area contributed by atoms with Crippen LogP contribution in [0.15, 0.2) is 59.9 Å². The average molecular weight is 388 g/mol. The lowest BCUT2D eigenvalue weighted by atomic mass is 10.1. The molecule has 1 atom stereocenters. The number of nitrogens with one attached hydrogen (secondary N) is 1. The molecule has 0 aliphatic heterocycles. The number of fused-ring (bicyclic) bond motifs is 1. The number of benzene rings is 1. The molecule has 0 spiro atoms. The summed E-state index contributed by atoms with van der Waals surface area (Å²) in [6, 6.07) is 10.2. The van der Waals surface area contributed by atoms with Gasteiger partial charge < -0.3 is 5.32 Å². The lowest BCUT2D eigenvalue weighted by molar-refractivity contribution is 0.579. The molecule has 3 aromatic rings. The monoisotopic (exact) mass is 387 g/mol. The Labute approximate surface area is 157 Å². The van der Waals surface area contributed by atoms with Gasteiger partial charge in [0.2, 0.25) is 0 Å². The number of halogens is 1. The summed E-state index contributed by atoms with van der Waals surface area (Å²) in [5.41, 5.74) is 3.65. The van der Waals surface area contributed by atoms with Crippen molar-refractivity contribution >= 4 is 21.6 Å². The molecule has 1 unspecified atom stereocenters. The highest BCUT2D eigenvalue weighted by atomic mass is 35.5. The van der Waals surface area contributed by atoms with Gasteiger partial charge >= 0.3 is 0 Å². The van der Waals surface area contributed by atoms with Crippen LogP contribution in [0.5, 0.6) is 0 Å². The Bertz CT molecular complexity index is 1060. The number of hydrogen-bond donors (Lipinski definition) is 1. The molecule has 2 aromatic heterocycles. The van der Waals surface area contributed by atoms with E-state index in [1.807, 2.05) is 19.2 Å². The van der Waals surface area contributed by atoms with Gasteiger partial charge in [-0.05, 0) is 61.3 Å². The zero-order valence-electron chi connectivity index (χ0n) is 14.2. The number of rotatable bonds is 4. The standard InChI is InChI=1S/C19H18ClN3O2S/c1-21-18-6-5-16-17(18)12-23(19(16)13-7-9-22-10-8-13)26(24,25)15-4-2-3-14(20)11-15/h2-4,7-12,18,21H,5-6H2,1H3. The largest absolute Gasteiger partial charge is 0.313 e. The Morgan fingerprint density at radius 2 is 2.00 bits per heavy atom. The Balaban J connectivity index is 1.97. The Hall–Kier alpha value is -2.15. The minimum Gasteiger partial charge on any atom is -0.313 e. The Kier molecular flexibility index (Phi) is 4.34. The number of hydrogen-bond acceptors (Lipinski definition) is 4. The topological polar surface area (TPSA) is 64.0 Å². The van der Waals surface area contributed by atoms with E-state index in [1.165, 1.54) is 10.0 Å². The molecule has 0 amide bonds. The maximum atomic E-state index is 13.3. The van der Waals surface area contributed by atoms with Gasteiger partial charge in [-0.15, -0.1) is 0 Å². The van der Waals surface area contributed by atoms with E-state index in [1.54, 1.807) is 36.8 Å². The third-order valence-corrected chi connectivity index (χ3v) is 6.72. The van der Waals surface area contributed by atoms with Gasteiger partial charge in [-0.25, -0.2) is 12.4 Å². The lowest BCUT2D eigenvalue weighted by Crippen LogP contribution is -2.16. The molecule has 1 N–H and O–H groups in total. The molecule has 1 aliphatic carbocycles. The van der Waals surface area contributed by atoms with Gasteiger partial charge in [0.15, 0.2) is 0 Å². The van der Waals surface area contributed by atoms with Crippen LogP contribution in [0.3, 0.4) is 0 Å². The molecular weight excluding hydrogens is 370 g/mol. The van der Waals surface area contributed by atoms with E-state index in [4.69, 9.17) is 11.6 Å². The second-order valence-corrected chi connectivity index (χ2v) is 8.54. The maximum Gasteiger partial charge on any atom is 0.268 e. The minimum absolute atomic E-state index is 0.154. The van der Waals surface area contributed by atoms with Gasteiger partial charge in [0, 0.05) is 35.2 Å². The molecule has 26 heavy (non-hydrogen) atoms. The minimum atomic E-state index is -3.77. The molecule has 0 bridgehead atoms. The molecule has 7 heteroatoms. The van der Waals surface area contributed by atoms with Crippen LogP contribution >= 0.6 is 11.6 Å². The fourth-order valence-corrected chi connectivity index (χ4v) is 5.30. The van der Waals surface area contributed by atoms with Crippen LogP contribution < -0.4 is 5.32 Å². The third kappa shape index (κ3) is 2.74. The van der Waals surface area contributed by atoms with Gasteiger partial charge in [-0.1, -0.05) is 17.7 Å². The number of nitrogens with zero attached hydrogens (tertiary/aromatic N) is 2. The van der Waals surface area contributed by atoms with Gasteiger partial charge in [0.25, 0.3) is 10.0 Å². The van der Waals surface area contributed by atoms with E-state index >= 15 is 0 Å². The molecule has 1 aromatic carbocycles. The van der Waals surface area contributed by atoms with E-state index in [0.29, 0.717) is 10.7 Å². The third-order valence-electron chi connectivity index (χ3n) is 4.82. The lowest BCUT2D eigenvalue weighted by Gasteiger charge is -2.13. The van der Waals surface area contributed by atoms with E-state index in [2.05, 4.69) is 10.3 Å². The van der Waals surface area contributed by atoms with Crippen LogP contribution in [0.25, 0.3) is 11.3 Å². The summed E-state index contributed by atoms with van der Waals surface area (Å²) < 4.78 is 28.1. The Morgan fingerprint density at radius 3 is 2.69 bits per heavy atom. The summed E-state index contributed by atoms with van der Waals surface area (Å²) in [5, 5.41) is 3.66. The summed E-state index contributed by atoms with van der Waals surface area (Å²) >= 11 is 6.02. The SMILES string of the molecule is CNC1CCc2c1cn(S(=O)(=O)c1cccc(Cl)c1)c2-c1ccncc1. The van der Waals surface area contributed by atoms with Gasteiger partial charge in [0.05, 0.1) is 10.6 Å². The fraction of sp³-hybridized carbons (Fsp3) is 0.211. The van der Waals surface area contributed by atoms with Gasteiger partial charge in [-0.2, -0.15) is 0 Å². The summed E-state index contributed by atoms with van der Waals surface area (Å²) in [5.74, 6) is 0. The zero-order valence-corrected chi connectivity index (χ0v) is 15.8. The molecule has 0 radical (unpaired) electrons. The van der Waals surface area contributed by atoms with E-state index in [9.17, 15) is 8.42 Å². The van der Waals surface area contributed by atoms with E-state index in [-0.39, 0.29) is 10.9 Å². The Morgan fingerprint density at radius 1 is 1.23 bits per heavy atom. The van der Waals surface area contributed by atoms with Crippen LogP contribution in [0, 0.1) is 0 Å². The normalized spacial score (nSPS) is 16.6. The van der Waals surface area contributed by atoms with Crippen molar-refractivity contribution in [2.24, 2.45) is 0 Å². The van der Waals surface area contributed by atoms with Crippen molar-refractivity contribution in [1.29, 1.82) is 0 Å². The molecular formula is C19H18ClN3O2S.